The van der Waals surface area contributed by atoms with Crippen LogP contribution in [0.2, 0.25) is 5.02 Å². The predicted molar refractivity (Wildman–Crippen MR) is 118 cm³/mol. The molecule has 2 aromatic rings. The molecule has 3 rings (SSSR count). The Bertz CT molecular complexity index is 827. The monoisotopic (exact) mass is 449 g/mol. The van der Waals surface area contributed by atoms with Gasteiger partial charge in [0.25, 0.3) is 0 Å². The zero-order chi connectivity index (χ0) is 22.1. The van der Waals surface area contributed by atoms with E-state index in [1.807, 2.05) is 0 Å². The largest absolute Gasteiger partial charge is 0.493 e. The Morgan fingerprint density at radius 1 is 0.968 bits per heavy atom. The minimum atomic E-state index is -0.161. The molecule has 1 aliphatic heterocycles. The molecule has 0 amide bonds. The zero-order valence-corrected chi connectivity index (χ0v) is 18.7. The minimum Gasteiger partial charge on any atom is -0.493 e. The molecule has 0 unspecified atom stereocenters. The average molecular weight is 450 g/mol. The van der Waals surface area contributed by atoms with Gasteiger partial charge in [-0.25, -0.2) is 0 Å². The molecule has 1 saturated heterocycles. The molecular weight excluding hydrogens is 422 g/mol. The van der Waals surface area contributed by atoms with Crippen molar-refractivity contribution in [1.82, 2.24) is 4.90 Å². The van der Waals surface area contributed by atoms with Crippen LogP contribution in [0, 0.1) is 0 Å². The van der Waals surface area contributed by atoms with E-state index in [-0.39, 0.29) is 5.78 Å². The molecule has 1 heterocycles. The Hall–Kier alpha value is -2.32. The van der Waals surface area contributed by atoms with Gasteiger partial charge in [0.15, 0.2) is 17.3 Å². The van der Waals surface area contributed by atoms with E-state index in [0.717, 1.165) is 32.8 Å². The van der Waals surface area contributed by atoms with Gasteiger partial charge in [-0.3, -0.25) is 9.69 Å². The number of ketones is 1. The molecule has 8 heteroatoms. The SMILES string of the molecule is COc1cc(C(=O)c2ccc(Cl)cc2)cc(OC)c1OCCOCCN1CCOCC1. The second-order valence-corrected chi connectivity index (χ2v) is 7.40. The molecule has 0 spiro atoms. The van der Waals surface area contributed by atoms with Crippen LogP contribution < -0.4 is 14.2 Å². The molecule has 0 radical (unpaired) electrons. The van der Waals surface area contributed by atoms with Crippen molar-refractivity contribution >= 4 is 17.4 Å². The first-order valence-corrected chi connectivity index (χ1v) is 10.6. The Kier molecular flexibility index (Phi) is 8.97. The molecule has 168 valence electrons. The van der Waals surface area contributed by atoms with Gasteiger partial charge >= 0.3 is 0 Å². The lowest BCUT2D eigenvalue weighted by Gasteiger charge is -2.26. The third kappa shape index (κ3) is 6.58. The van der Waals surface area contributed by atoms with E-state index < -0.39 is 0 Å². The van der Waals surface area contributed by atoms with Crippen molar-refractivity contribution in [3.05, 3.63) is 52.5 Å². The Morgan fingerprint density at radius 3 is 2.23 bits per heavy atom. The third-order valence-electron chi connectivity index (χ3n) is 4.96. The number of morpholine rings is 1. The first-order chi connectivity index (χ1) is 15.1. The van der Waals surface area contributed by atoms with Crippen molar-refractivity contribution in [2.24, 2.45) is 0 Å². The van der Waals surface area contributed by atoms with Gasteiger partial charge in [-0.2, -0.15) is 0 Å². The summed E-state index contributed by atoms with van der Waals surface area (Å²) in [6.07, 6.45) is 0. The van der Waals surface area contributed by atoms with Crippen LogP contribution in [0.15, 0.2) is 36.4 Å². The molecule has 0 aromatic heterocycles. The highest BCUT2D eigenvalue weighted by atomic mass is 35.5. The second-order valence-electron chi connectivity index (χ2n) is 6.96. The fraction of sp³-hybridized carbons (Fsp3) is 0.435. The van der Waals surface area contributed by atoms with Crippen LogP contribution in [0.5, 0.6) is 17.2 Å². The van der Waals surface area contributed by atoms with Crippen LogP contribution in [-0.4, -0.2) is 77.6 Å². The van der Waals surface area contributed by atoms with Crippen molar-refractivity contribution in [2.45, 2.75) is 0 Å². The van der Waals surface area contributed by atoms with E-state index in [4.69, 9.17) is 35.3 Å². The zero-order valence-electron chi connectivity index (χ0n) is 17.9. The summed E-state index contributed by atoms with van der Waals surface area (Å²) in [6.45, 7) is 5.70. The van der Waals surface area contributed by atoms with Gasteiger partial charge in [-0.15, -0.1) is 0 Å². The molecule has 0 atom stereocenters. The van der Waals surface area contributed by atoms with E-state index in [0.29, 0.717) is 53.2 Å². The highest BCUT2D eigenvalue weighted by molar-refractivity contribution is 6.30. The molecule has 2 aromatic carbocycles. The standard InChI is InChI=1S/C23H28ClNO6/c1-27-20-15-18(22(26)17-3-5-19(24)6-4-17)16-21(28-2)23(20)31-14-13-30-12-9-25-7-10-29-11-8-25/h3-6,15-16H,7-14H2,1-2H3. The summed E-state index contributed by atoms with van der Waals surface area (Å²) in [4.78, 5) is 15.2. The summed E-state index contributed by atoms with van der Waals surface area (Å²) in [6, 6.07) is 10.0. The number of carbonyl (C=O) groups excluding carboxylic acids is 1. The Morgan fingerprint density at radius 2 is 1.61 bits per heavy atom. The molecule has 31 heavy (non-hydrogen) atoms. The molecule has 0 N–H and O–H groups in total. The number of benzene rings is 2. The van der Waals surface area contributed by atoms with E-state index in [9.17, 15) is 4.79 Å². The van der Waals surface area contributed by atoms with Gasteiger partial charge in [-0.05, 0) is 36.4 Å². The van der Waals surface area contributed by atoms with E-state index in [1.165, 1.54) is 14.2 Å². The lowest BCUT2D eigenvalue weighted by Crippen LogP contribution is -2.38. The number of methoxy groups -OCH3 is 2. The highest BCUT2D eigenvalue weighted by Crippen LogP contribution is 2.39. The van der Waals surface area contributed by atoms with Gasteiger partial charge in [-0.1, -0.05) is 11.6 Å². The van der Waals surface area contributed by atoms with Gasteiger partial charge in [0, 0.05) is 35.8 Å². The van der Waals surface area contributed by atoms with Crippen LogP contribution in [0.3, 0.4) is 0 Å². The Labute approximate surface area is 187 Å². The van der Waals surface area contributed by atoms with Crippen molar-refractivity contribution < 1.29 is 28.5 Å². The normalized spacial score (nSPS) is 14.3. The minimum absolute atomic E-state index is 0.161. The van der Waals surface area contributed by atoms with Crippen molar-refractivity contribution in [1.29, 1.82) is 0 Å². The fourth-order valence-corrected chi connectivity index (χ4v) is 3.37. The number of nitrogens with zero attached hydrogens (tertiary/aromatic N) is 1. The maximum atomic E-state index is 12.8. The summed E-state index contributed by atoms with van der Waals surface area (Å²) >= 11 is 5.91. The van der Waals surface area contributed by atoms with Crippen LogP contribution >= 0.6 is 11.6 Å². The topological polar surface area (TPSA) is 66.5 Å². The number of hydrogen-bond donors (Lipinski definition) is 0. The van der Waals surface area contributed by atoms with Gasteiger partial charge in [0.1, 0.15) is 6.61 Å². The van der Waals surface area contributed by atoms with Crippen molar-refractivity contribution in [3.63, 3.8) is 0 Å². The van der Waals surface area contributed by atoms with Gasteiger partial charge in [0.2, 0.25) is 5.75 Å². The smallest absolute Gasteiger partial charge is 0.203 e. The average Bonchev–Trinajstić information content (AvgIpc) is 2.81. The van der Waals surface area contributed by atoms with E-state index >= 15 is 0 Å². The van der Waals surface area contributed by atoms with E-state index in [2.05, 4.69) is 4.90 Å². The number of halogens is 1. The van der Waals surface area contributed by atoms with Gasteiger partial charge in [0.05, 0.1) is 40.6 Å². The first kappa shape index (κ1) is 23.3. The summed E-state index contributed by atoms with van der Waals surface area (Å²) in [7, 11) is 3.05. The van der Waals surface area contributed by atoms with Crippen LogP contribution in [0.25, 0.3) is 0 Å². The molecule has 0 saturated carbocycles. The number of hydrogen-bond acceptors (Lipinski definition) is 7. The lowest BCUT2D eigenvalue weighted by atomic mass is 10.0. The number of carbonyl (C=O) groups is 1. The number of rotatable bonds is 11. The Balaban J connectivity index is 1.58. The maximum absolute atomic E-state index is 12.8. The summed E-state index contributed by atoms with van der Waals surface area (Å²) < 4.78 is 27.8. The summed E-state index contributed by atoms with van der Waals surface area (Å²) in [5.74, 6) is 1.12. The molecular formula is C23H28ClNO6. The maximum Gasteiger partial charge on any atom is 0.203 e. The summed E-state index contributed by atoms with van der Waals surface area (Å²) in [5, 5.41) is 0.572. The molecule has 0 bridgehead atoms. The predicted octanol–water partition coefficient (Wildman–Crippen LogP) is 3.32. The van der Waals surface area contributed by atoms with Crippen LogP contribution in [0.4, 0.5) is 0 Å². The summed E-state index contributed by atoms with van der Waals surface area (Å²) in [5.41, 5.74) is 0.959. The number of ether oxygens (including phenoxy) is 5. The molecule has 7 nitrogen and oxygen atoms in total. The van der Waals surface area contributed by atoms with Crippen molar-refractivity contribution in [2.75, 3.05) is 66.9 Å². The lowest BCUT2D eigenvalue weighted by molar-refractivity contribution is 0.0168. The van der Waals surface area contributed by atoms with Crippen LogP contribution in [0.1, 0.15) is 15.9 Å². The quantitative estimate of drug-likeness (QED) is 0.385. The van der Waals surface area contributed by atoms with Gasteiger partial charge < -0.3 is 23.7 Å². The third-order valence-corrected chi connectivity index (χ3v) is 5.21. The van der Waals surface area contributed by atoms with Crippen LogP contribution in [-0.2, 0) is 9.47 Å². The first-order valence-electron chi connectivity index (χ1n) is 10.2. The second kappa shape index (κ2) is 11.9. The molecule has 0 aliphatic carbocycles. The fourth-order valence-electron chi connectivity index (χ4n) is 3.24. The highest BCUT2D eigenvalue weighted by Gasteiger charge is 2.19. The van der Waals surface area contributed by atoms with E-state index in [1.54, 1.807) is 36.4 Å². The van der Waals surface area contributed by atoms with Crippen molar-refractivity contribution in [3.8, 4) is 17.2 Å². The molecule has 1 fully saturated rings. The molecule has 1 aliphatic rings.